The molecule has 6 amide bonds. The van der Waals surface area contributed by atoms with Crippen LogP contribution in [0.1, 0.15) is 164 Å². The van der Waals surface area contributed by atoms with Crippen molar-refractivity contribution in [3.8, 4) is 33.4 Å². The van der Waals surface area contributed by atoms with Gasteiger partial charge < -0.3 is 41.7 Å². The molecule has 8 atom stereocenters. The average molecular weight is 1090 g/mol. The molecule has 426 valence electrons. The first-order valence-corrected chi connectivity index (χ1v) is 30.5. The molecule has 2 heterocycles. The van der Waals surface area contributed by atoms with Crippen LogP contribution >= 0.6 is 0 Å². The minimum atomic E-state index is -0.633. The lowest BCUT2D eigenvalue weighted by Gasteiger charge is -2.36. The summed E-state index contributed by atoms with van der Waals surface area (Å²) >= 11 is 0. The third kappa shape index (κ3) is 12.4. The monoisotopic (exact) mass is 1090 g/mol. The molecule has 2 saturated carbocycles. The van der Waals surface area contributed by atoms with Crippen molar-refractivity contribution in [1.82, 2.24) is 41.7 Å². The van der Waals surface area contributed by atoms with Crippen molar-refractivity contribution < 1.29 is 28.8 Å². The molecule has 2 aliphatic heterocycles. The summed E-state index contributed by atoms with van der Waals surface area (Å²) in [7, 11) is 3.49. The minimum absolute atomic E-state index is 0.0645. The second-order valence-electron chi connectivity index (χ2n) is 24.0. The second kappa shape index (κ2) is 26.0. The predicted octanol–water partition coefficient (Wildman–Crippen LogP) is 9.00. The van der Waals surface area contributed by atoms with Crippen LogP contribution in [0.4, 0.5) is 0 Å². The Hall–Kier alpha value is -6.38. The third-order valence-electron chi connectivity index (χ3n) is 19.1. The first kappa shape index (κ1) is 56.9. The van der Waals surface area contributed by atoms with Crippen LogP contribution < -0.4 is 31.9 Å². The van der Waals surface area contributed by atoms with Crippen LogP contribution in [-0.4, -0.2) is 109 Å². The molecule has 14 nitrogen and oxygen atoms in total. The number of hydrogen-bond acceptors (Lipinski definition) is 8. The Kier molecular flexibility index (Phi) is 18.5. The van der Waals surface area contributed by atoms with Crippen LogP contribution in [0, 0.1) is 11.8 Å². The Morgan fingerprint density at radius 1 is 0.438 bits per heavy atom. The van der Waals surface area contributed by atoms with E-state index in [1.807, 2.05) is 0 Å². The van der Waals surface area contributed by atoms with Crippen molar-refractivity contribution in [3.05, 3.63) is 107 Å². The van der Waals surface area contributed by atoms with E-state index in [9.17, 15) is 28.8 Å². The molecule has 0 aromatic heterocycles. The van der Waals surface area contributed by atoms with Gasteiger partial charge in [0.05, 0.1) is 24.2 Å². The van der Waals surface area contributed by atoms with E-state index >= 15 is 0 Å². The molecule has 0 radical (unpaired) electrons. The van der Waals surface area contributed by atoms with Crippen LogP contribution in [0.5, 0.6) is 0 Å². The number of nitrogens with one attached hydrogen (secondary N) is 6. The molecular formula is C66H86N8O6. The van der Waals surface area contributed by atoms with Gasteiger partial charge in [0.25, 0.3) is 0 Å². The van der Waals surface area contributed by atoms with Crippen molar-refractivity contribution in [1.29, 1.82) is 0 Å². The Morgan fingerprint density at radius 2 is 0.812 bits per heavy atom. The lowest BCUT2D eigenvalue weighted by atomic mass is 9.82. The Balaban J connectivity index is 0.789. The largest absolute Gasteiger partial charge is 0.347 e. The maximum atomic E-state index is 14.4. The smallest absolute Gasteiger partial charge is 0.246 e. The van der Waals surface area contributed by atoms with Gasteiger partial charge >= 0.3 is 0 Å². The predicted molar refractivity (Wildman–Crippen MR) is 314 cm³/mol. The van der Waals surface area contributed by atoms with Crippen LogP contribution in [0.15, 0.2) is 84.9 Å². The molecule has 14 heteroatoms. The molecule has 4 aliphatic carbocycles. The molecule has 4 fully saturated rings. The van der Waals surface area contributed by atoms with E-state index in [0.29, 0.717) is 25.9 Å². The fourth-order valence-electron chi connectivity index (χ4n) is 14.2. The molecule has 1 unspecified atom stereocenters. The third-order valence-corrected chi connectivity index (χ3v) is 19.1. The maximum absolute atomic E-state index is 14.4. The first-order valence-electron chi connectivity index (χ1n) is 30.5. The van der Waals surface area contributed by atoms with Crippen LogP contribution in [0.25, 0.3) is 33.4 Å². The number of carbonyl (C=O) groups is 6. The number of benzene rings is 4. The van der Waals surface area contributed by atoms with E-state index in [1.165, 1.54) is 22.3 Å². The average Bonchev–Trinajstić information content (AvgIpc) is 4.22. The number of likely N-dealkylation sites (N-methyl/N-ethyl adjacent to an activating group) is 2. The number of rotatable bonds is 17. The molecular weight excluding hydrogens is 1000 g/mol. The fourth-order valence-corrected chi connectivity index (χ4v) is 14.2. The Bertz CT molecular complexity index is 2670. The number of fused-ring (bicyclic) bond motifs is 2. The molecule has 80 heavy (non-hydrogen) atoms. The number of carbonyl (C=O) groups excluding carboxylic acids is 6. The molecule has 10 rings (SSSR count). The van der Waals surface area contributed by atoms with Crippen LogP contribution in [0.2, 0.25) is 0 Å². The number of nitrogens with zero attached hydrogens (tertiary/aromatic N) is 2. The molecule has 6 aliphatic rings. The highest BCUT2D eigenvalue weighted by Crippen LogP contribution is 2.40. The normalized spacial score (nSPS) is 22.9. The fraction of sp³-hybridized carbons (Fsp3) is 0.545. The summed E-state index contributed by atoms with van der Waals surface area (Å²) in [5.41, 5.74) is 11.6. The Labute approximate surface area is 474 Å². The molecule has 4 aromatic carbocycles. The van der Waals surface area contributed by atoms with Crippen molar-refractivity contribution in [3.63, 3.8) is 0 Å². The lowest BCUT2D eigenvalue weighted by Crippen LogP contribution is -2.58. The molecule has 0 spiro atoms. The quantitative estimate of drug-likeness (QED) is 0.0606. The van der Waals surface area contributed by atoms with E-state index in [2.05, 4.69) is 117 Å². The lowest BCUT2D eigenvalue weighted by molar-refractivity contribution is -0.143. The van der Waals surface area contributed by atoms with Crippen molar-refractivity contribution in [2.75, 3.05) is 27.2 Å². The van der Waals surface area contributed by atoms with Crippen molar-refractivity contribution in [2.24, 2.45) is 11.8 Å². The topological polar surface area (TPSA) is 181 Å². The maximum Gasteiger partial charge on any atom is 0.246 e. The summed E-state index contributed by atoms with van der Waals surface area (Å²) in [4.78, 5) is 87.1. The van der Waals surface area contributed by atoms with E-state index in [0.717, 1.165) is 149 Å². The highest BCUT2D eigenvalue weighted by molar-refractivity contribution is 5.95. The van der Waals surface area contributed by atoms with Gasteiger partial charge in [-0.1, -0.05) is 123 Å². The standard InChI is InChI=1S/C66H86N8O6/c1-41(67-3)61(75)71-59(47-17-7-5-8-18-47)65(79)73-39-15-29-57(73)63(77)69-55-27-13-23-51-49(21-11-25-53(51)55)45-35-31-43(32-36-45)44-33-37-46(38-34-44)50-22-12-26-54-52(50)24-14-28-56(54)70-64(78)58-30-16-40-74(58)66(80)60(48-19-9-6-10-20-48)72-62(76)42(2)68-4/h11-12,21-22,25-26,31-38,41-42,47-48,55-60,67-68H,5-10,13-20,23-24,27-30,39-40H2,1-4H3,(H,69,77)(H,70,78)(H,71,75)(H,72,76)/t41-,42-,55+,56+,57-,58-,59-,60?/m0/s1. The van der Waals surface area contributed by atoms with Crippen molar-refractivity contribution >= 4 is 35.4 Å². The van der Waals surface area contributed by atoms with E-state index in [-0.39, 0.29) is 59.4 Å². The first-order chi connectivity index (χ1) is 38.9. The van der Waals surface area contributed by atoms with Gasteiger partial charge in [0.2, 0.25) is 35.4 Å². The highest BCUT2D eigenvalue weighted by Gasteiger charge is 2.44. The Morgan fingerprint density at radius 3 is 1.19 bits per heavy atom. The van der Waals surface area contributed by atoms with Gasteiger partial charge in [-0.05, 0) is 185 Å². The summed E-state index contributed by atoms with van der Waals surface area (Å²) in [6, 6.07) is 26.8. The number of likely N-dealkylation sites (tertiary alicyclic amines) is 2. The second-order valence-corrected chi connectivity index (χ2v) is 24.0. The van der Waals surface area contributed by atoms with Gasteiger partial charge in [-0.15, -0.1) is 0 Å². The molecule has 4 aromatic rings. The minimum Gasteiger partial charge on any atom is -0.347 e. The van der Waals surface area contributed by atoms with Crippen LogP contribution in [0.3, 0.4) is 0 Å². The summed E-state index contributed by atoms with van der Waals surface area (Å²) in [6.45, 7) is 4.62. The number of amides is 6. The SMILES string of the molecule is CN[C@@H](C)C(=O)NC(C(=O)N1CCC[C@H]1C(=O)N[C@@H]1CCCc2c(-c3ccc(-c4ccc(-c5cccc6c5CCC[C@H]6NC(=O)[C@@H]5CCCN5C(=O)[C@@H](NC(=O)[C@H](C)NC)C5CCCCC5)cc4)cc3)cccc21)C1CCCCC1. The van der Waals surface area contributed by atoms with E-state index in [4.69, 9.17) is 0 Å². The van der Waals surface area contributed by atoms with Crippen LogP contribution in [-0.2, 0) is 41.6 Å². The summed E-state index contributed by atoms with van der Waals surface area (Å²) in [5.74, 6) is -0.735. The summed E-state index contributed by atoms with van der Waals surface area (Å²) in [6.07, 6.45) is 18.1. The van der Waals surface area contributed by atoms with Gasteiger partial charge in [-0.2, -0.15) is 0 Å². The molecule has 6 N–H and O–H groups in total. The molecule has 0 bridgehead atoms. The van der Waals surface area contributed by atoms with E-state index in [1.54, 1.807) is 37.7 Å². The highest BCUT2D eigenvalue weighted by atomic mass is 16.2. The van der Waals surface area contributed by atoms with Gasteiger partial charge in [0.15, 0.2) is 0 Å². The zero-order chi connectivity index (χ0) is 55.9. The van der Waals surface area contributed by atoms with Gasteiger partial charge in [0, 0.05) is 13.1 Å². The van der Waals surface area contributed by atoms with Gasteiger partial charge in [-0.25, -0.2) is 0 Å². The summed E-state index contributed by atoms with van der Waals surface area (Å²) in [5, 5.41) is 19.0. The molecule has 2 saturated heterocycles. The zero-order valence-electron chi connectivity index (χ0n) is 47.8. The zero-order valence-corrected chi connectivity index (χ0v) is 47.8. The van der Waals surface area contributed by atoms with Gasteiger partial charge in [-0.3, -0.25) is 28.8 Å². The number of hydrogen-bond donors (Lipinski definition) is 6. The van der Waals surface area contributed by atoms with Crippen molar-refractivity contribution in [2.45, 2.75) is 191 Å². The van der Waals surface area contributed by atoms with Gasteiger partial charge in [0.1, 0.15) is 24.2 Å². The summed E-state index contributed by atoms with van der Waals surface area (Å²) < 4.78 is 0. The van der Waals surface area contributed by atoms with E-state index < -0.39 is 36.3 Å².